The van der Waals surface area contributed by atoms with E-state index in [0.717, 1.165) is 18.2 Å². The summed E-state index contributed by atoms with van der Waals surface area (Å²) < 4.78 is 25.3. The van der Waals surface area contributed by atoms with Gasteiger partial charge in [-0.3, -0.25) is 9.10 Å². The quantitative estimate of drug-likeness (QED) is 0.818. The van der Waals surface area contributed by atoms with Crippen molar-refractivity contribution in [1.82, 2.24) is 9.97 Å². The number of amides is 1. The first-order chi connectivity index (χ1) is 12.3. The Morgan fingerprint density at radius 1 is 1.19 bits per heavy atom. The Kier molecular flexibility index (Phi) is 4.60. The van der Waals surface area contributed by atoms with Crippen molar-refractivity contribution in [3.63, 3.8) is 0 Å². The Bertz CT molecular complexity index is 990. The number of aromatic nitrogens is 2. The van der Waals surface area contributed by atoms with Crippen molar-refractivity contribution < 1.29 is 23.1 Å². The number of aryl methyl sites for hydroxylation is 1. The third-order valence-electron chi connectivity index (χ3n) is 3.94. The highest BCUT2D eigenvalue weighted by Gasteiger charge is 2.25. The summed E-state index contributed by atoms with van der Waals surface area (Å²) in [5, 5.41) is 11.7. The van der Waals surface area contributed by atoms with Crippen LogP contribution in [-0.4, -0.2) is 48.2 Å². The van der Waals surface area contributed by atoms with E-state index >= 15 is 0 Å². The number of nitrogens with zero attached hydrogens (tertiary/aromatic N) is 3. The van der Waals surface area contributed by atoms with Crippen LogP contribution in [0.5, 0.6) is 0 Å². The second-order valence-electron chi connectivity index (χ2n) is 5.80. The van der Waals surface area contributed by atoms with Crippen LogP contribution in [0.3, 0.4) is 0 Å². The van der Waals surface area contributed by atoms with Gasteiger partial charge in [-0.25, -0.2) is 23.2 Å². The van der Waals surface area contributed by atoms with Gasteiger partial charge in [-0.2, -0.15) is 0 Å². The molecule has 0 saturated carbocycles. The van der Waals surface area contributed by atoms with Crippen LogP contribution >= 0.6 is 0 Å². The fourth-order valence-corrected chi connectivity index (χ4v) is 3.80. The highest BCUT2D eigenvalue weighted by Crippen LogP contribution is 2.31. The smallest absolute Gasteiger partial charge is 0.356 e. The zero-order valence-corrected chi connectivity index (χ0v) is 14.7. The maximum absolute atomic E-state index is 12.4. The van der Waals surface area contributed by atoms with E-state index in [1.165, 1.54) is 16.7 Å². The predicted octanol–water partition coefficient (Wildman–Crippen LogP) is 1.14. The van der Waals surface area contributed by atoms with Crippen molar-refractivity contribution in [2.24, 2.45) is 0 Å². The lowest BCUT2D eigenvalue weighted by Gasteiger charge is -2.29. The van der Waals surface area contributed by atoms with Crippen LogP contribution in [0, 0.1) is 0 Å². The van der Waals surface area contributed by atoms with E-state index < -0.39 is 27.6 Å². The van der Waals surface area contributed by atoms with Crippen LogP contribution < -0.4 is 9.62 Å². The molecule has 0 bridgehead atoms. The van der Waals surface area contributed by atoms with Crippen LogP contribution in [0.15, 0.2) is 30.6 Å². The van der Waals surface area contributed by atoms with Crippen molar-refractivity contribution in [3.05, 3.63) is 47.5 Å². The van der Waals surface area contributed by atoms with Gasteiger partial charge in [0.05, 0.1) is 11.9 Å². The lowest BCUT2D eigenvalue weighted by atomic mass is 10.0. The van der Waals surface area contributed by atoms with E-state index in [4.69, 9.17) is 5.11 Å². The lowest BCUT2D eigenvalue weighted by Crippen LogP contribution is -2.34. The molecule has 10 heteroatoms. The number of hydrogen-bond donors (Lipinski definition) is 2. The number of carboxylic acids is 1. The highest BCUT2D eigenvalue weighted by atomic mass is 32.2. The zero-order valence-electron chi connectivity index (χ0n) is 13.8. The number of sulfonamides is 1. The zero-order chi connectivity index (χ0) is 18.9. The number of benzene rings is 1. The molecule has 2 N–H and O–H groups in total. The summed E-state index contributed by atoms with van der Waals surface area (Å²) in [6.07, 6.45) is 4.99. The van der Waals surface area contributed by atoms with E-state index in [1.54, 1.807) is 18.2 Å². The third-order valence-corrected chi connectivity index (χ3v) is 5.12. The van der Waals surface area contributed by atoms with Gasteiger partial charge in [0, 0.05) is 24.6 Å². The molecule has 0 spiro atoms. The molecule has 136 valence electrons. The summed E-state index contributed by atoms with van der Waals surface area (Å²) in [4.78, 5) is 31.0. The topological polar surface area (TPSA) is 130 Å². The SMILES string of the molecule is CS(=O)(=O)N1CCCc2ccc(NC(=O)c3nccnc3C(=O)O)cc21. The molecule has 0 unspecified atom stereocenters. The average Bonchev–Trinajstić information content (AvgIpc) is 2.60. The van der Waals surface area contributed by atoms with Crippen LogP contribution in [-0.2, 0) is 16.4 Å². The maximum Gasteiger partial charge on any atom is 0.356 e. The highest BCUT2D eigenvalue weighted by molar-refractivity contribution is 7.92. The Balaban J connectivity index is 1.93. The Morgan fingerprint density at radius 2 is 1.88 bits per heavy atom. The fourth-order valence-electron chi connectivity index (χ4n) is 2.81. The fraction of sp³-hybridized carbons (Fsp3) is 0.250. The first-order valence-corrected chi connectivity index (χ1v) is 9.58. The second kappa shape index (κ2) is 6.71. The van der Waals surface area contributed by atoms with E-state index in [0.29, 0.717) is 24.3 Å². The predicted molar refractivity (Wildman–Crippen MR) is 93.9 cm³/mol. The molecule has 0 fully saturated rings. The maximum atomic E-state index is 12.4. The van der Waals surface area contributed by atoms with Gasteiger partial charge in [0.2, 0.25) is 10.0 Å². The standard InChI is InChI=1S/C16H16N4O5S/c1-26(24,25)20-8-2-3-10-4-5-11(9-12(10)20)19-15(21)13-14(16(22)23)18-7-6-17-13/h4-7,9H,2-3,8H2,1H3,(H,19,21)(H,22,23). The molecule has 2 aromatic rings. The van der Waals surface area contributed by atoms with Crippen molar-refractivity contribution in [3.8, 4) is 0 Å². The molecular formula is C16H16N4O5S. The minimum atomic E-state index is -3.43. The van der Waals surface area contributed by atoms with Crippen molar-refractivity contribution >= 4 is 33.3 Å². The van der Waals surface area contributed by atoms with Gasteiger partial charge in [-0.05, 0) is 30.5 Å². The lowest BCUT2D eigenvalue weighted by molar-refractivity contribution is 0.0685. The van der Waals surface area contributed by atoms with Gasteiger partial charge in [0.25, 0.3) is 5.91 Å². The second-order valence-corrected chi connectivity index (χ2v) is 7.70. The molecule has 1 aliphatic heterocycles. The van der Waals surface area contributed by atoms with E-state index in [-0.39, 0.29) is 5.69 Å². The number of carboxylic acid groups (broad SMARTS) is 1. The molecule has 0 saturated heterocycles. The molecule has 0 aliphatic carbocycles. The van der Waals surface area contributed by atoms with Crippen LogP contribution in [0.25, 0.3) is 0 Å². The van der Waals surface area contributed by atoms with Gasteiger partial charge in [-0.15, -0.1) is 0 Å². The number of carbonyl (C=O) groups is 2. The molecule has 1 amide bonds. The van der Waals surface area contributed by atoms with Gasteiger partial charge >= 0.3 is 5.97 Å². The Hall–Kier alpha value is -3.01. The normalized spacial score (nSPS) is 13.8. The molecular weight excluding hydrogens is 360 g/mol. The molecule has 9 nitrogen and oxygen atoms in total. The summed E-state index contributed by atoms with van der Waals surface area (Å²) in [5.74, 6) is -2.10. The number of anilines is 2. The van der Waals surface area contributed by atoms with Crippen LogP contribution in [0.1, 0.15) is 33.0 Å². The van der Waals surface area contributed by atoms with Crippen molar-refractivity contribution in [2.75, 3.05) is 22.4 Å². The van der Waals surface area contributed by atoms with Crippen molar-refractivity contribution in [2.45, 2.75) is 12.8 Å². The molecule has 3 rings (SSSR count). The number of rotatable bonds is 4. The molecule has 2 heterocycles. The Morgan fingerprint density at radius 3 is 2.54 bits per heavy atom. The van der Waals surface area contributed by atoms with Gasteiger partial charge in [0.1, 0.15) is 0 Å². The summed E-state index contributed by atoms with van der Waals surface area (Å²) in [5.41, 5.74) is 0.934. The molecule has 1 aromatic heterocycles. The summed E-state index contributed by atoms with van der Waals surface area (Å²) in [7, 11) is -3.43. The number of aromatic carboxylic acids is 1. The van der Waals surface area contributed by atoms with E-state index in [1.807, 2.05) is 0 Å². The summed E-state index contributed by atoms with van der Waals surface area (Å²) in [6, 6.07) is 4.95. The number of nitrogens with one attached hydrogen (secondary N) is 1. The van der Waals surface area contributed by atoms with E-state index in [9.17, 15) is 18.0 Å². The first kappa shape index (κ1) is 17.8. The van der Waals surface area contributed by atoms with Gasteiger partial charge in [0.15, 0.2) is 11.4 Å². The van der Waals surface area contributed by atoms with Gasteiger partial charge in [-0.1, -0.05) is 6.07 Å². The average molecular weight is 376 g/mol. The summed E-state index contributed by atoms with van der Waals surface area (Å²) in [6.45, 7) is 0.372. The largest absolute Gasteiger partial charge is 0.476 e. The monoisotopic (exact) mass is 376 g/mol. The van der Waals surface area contributed by atoms with Crippen LogP contribution in [0.2, 0.25) is 0 Å². The molecule has 26 heavy (non-hydrogen) atoms. The number of hydrogen-bond acceptors (Lipinski definition) is 6. The number of fused-ring (bicyclic) bond motifs is 1. The minimum Gasteiger partial charge on any atom is -0.476 e. The first-order valence-electron chi connectivity index (χ1n) is 7.73. The number of carbonyl (C=O) groups excluding carboxylic acids is 1. The van der Waals surface area contributed by atoms with E-state index in [2.05, 4.69) is 15.3 Å². The van der Waals surface area contributed by atoms with Crippen LogP contribution in [0.4, 0.5) is 11.4 Å². The summed E-state index contributed by atoms with van der Waals surface area (Å²) >= 11 is 0. The third kappa shape index (κ3) is 3.49. The molecule has 0 radical (unpaired) electrons. The minimum absolute atomic E-state index is 0.322. The Labute approximate surface area is 149 Å². The van der Waals surface area contributed by atoms with Gasteiger partial charge < -0.3 is 10.4 Å². The van der Waals surface area contributed by atoms with Crippen molar-refractivity contribution in [1.29, 1.82) is 0 Å². The molecule has 0 atom stereocenters. The molecule has 1 aromatic carbocycles. The molecule has 1 aliphatic rings.